The lowest BCUT2D eigenvalue weighted by Crippen LogP contribution is -2.50. The third kappa shape index (κ3) is 2.93. The predicted octanol–water partition coefficient (Wildman–Crippen LogP) is 3.08. The smallest absolute Gasteiger partial charge is 0.354 e. The van der Waals surface area contributed by atoms with Crippen molar-refractivity contribution in [1.82, 2.24) is 4.90 Å². The zero-order valence-corrected chi connectivity index (χ0v) is 13.8. The fraction of sp³-hybridized carbons (Fsp3) is 0.176. The SMILES string of the molecule is COC(=O)C1=C(C(=O)O)N2C=CC=C(c3ccccc3)C2C(F)(F)S1. The molecule has 0 bridgehead atoms. The van der Waals surface area contributed by atoms with E-state index in [9.17, 15) is 23.5 Å². The van der Waals surface area contributed by atoms with Crippen LogP contribution < -0.4 is 0 Å². The van der Waals surface area contributed by atoms with Gasteiger partial charge in [0.05, 0.1) is 7.11 Å². The second-order valence-corrected chi connectivity index (χ2v) is 6.43. The average molecular weight is 365 g/mol. The molecule has 0 fully saturated rings. The van der Waals surface area contributed by atoms with Crippen LogP contribution in [-0.4, -0.2) is 40.4 Å². The number of methoxy groups -OCH3 is 1. The van der Waals surface area contributed by atoms with Gasteiger partial charge < -0.3 is 14.7 Å². The number of halogens is 2. The molecule has 0 aliphatic carbocycles. The van der Waals surface area contributed by atoms with Gasteiger partial charge in [-0.2, -0.15) is 8.78 Å². The van der Waals surface area contributed by atoms with Crippen LogP contribution >= 0.6 is 11.8 Å². The number of nitrogens with zero attached hydrogens (tertiary/aromatic N) is 1. The Hall–Kier alpha value is -2.61. The van der Waals surface area contributed by atoms with Crippen molar-refractivity contribution >= 4 is 29.3 Å². The van der Waals surface area contributed by atoms with Gasteiger partial charge >= 0.3 is 17.2 Å². The summed E-state index contributed by atoms with van der Waals surface area (Å²) in [6, 6.07) is 6.96. The van der Waals surface area contributed by atoms with Gasteiger partial charge in [0.1, 0.15) is 16.6 Å². The highest BCUT2D eigenvalue weighted by Gasteiger charge is 2.54. The van der Waals surface area contributed by atoms with E-state index in [2.05, 4.69) is 4.74 Å². The molecule has 0 saturated carbocycles. The zero-order valence-electron chi connectivity index (χ0n) is 13.0. The van der Waals surface area contributed by atoms with Crippen LogP contribution in [0.5, 0.6) is 0 Å². The predicted molar refractivity (Wildman–Crippen MR) is 88.4 cm³/mol. The lowest BCUT2D eigenvalue weighted by Gasteiger charge is -2.42. The number of esters is 1. The number of ether oxygens (including phenoxy) is 1. The highest BCUT2D eigenvalue weighted by molar-refractivity contribution is 8.05. The maximum atomic E-state index is 14.9. The highest BCUT2D eigenvalue weighted by atomic mass is 32.2. The Bertz CT molecular complexity index is 817. The summed E-state index contributed by atoms with van der Waals surface area (Å²) in [6.45, 7) is 0. The van der Waals surface area contributed by atoms with Gasteiger partial charge in [-0.05, 0) is 29.0 Å². The average Bonchev–Trinajstić information content (AvgIpc) is 2.60. The Morgan fingerprint density at radius 2 is 1.96 bits per heavy atom. The molecule has 1 N–H and O–H groups in total. The molecule has 1 aromatic rings. The van der Waals surface area contributed by atoms with E-state index in [1.54, 1.807) is 30.3 Å². The van der Waals surface area contributed by atoms with Crippen LogP contribution in [0.3, 0.4) is 0 Å². The molecule has 1 unspecified atom stereocenters. The van der Waals surface area contributed by atoms with Crippen LogP contribution in [-0.2, 0) is 14.3 Å². The van der Waals surface area contributed by atoms with Gasteiger partial charge in [0.15, 0.2) is 0 Å². The summed E-state index contributed by atoms with van der Waals surface area (Å²) in [6.07, 6.45) is 4.23. The Balaban J connectivity index is 2.17. The molecule has 0 amide bonds. The van der Waals surface area contributed by atoms with Crippen molar-refractivity contribution in [1.29, 1.82) is 0 Å². The minimum Gasteiger partial charge on any atom is -0.477 e. The first-order valence-electron chi connectivity index (χ1n) is 7.21. The van der Waals surface area contributed by atoms with E-state index >= 15 is 0 Å². The molecule has 2 aliphatic rings. The van der Waals surface area contributed by atoms with Crippen molar-refractivity contribution in [2.75, 3.05) is 7.11 Å². The van der Waals surface area contributed by atoms with Gasteiger partial charge in [0, 0.05) is 6.20 Å². The van der Waals surface area contributed by atoms with E-state index in [0.717, 1.165) is 12.0 Å². The number of carbonyl (C=O) groups excluding carboxylic acids is 1. The maximum absolute atomic E-state index is 14.9. The number of alkyl halides is 2. The Kier molecular flexibility index (Phi) is 4.38. The fourth-order valence-corrected chi connectivity index (χ4v) is 3.87. The van der Waals surface area contributed by atoms with Gasteiger partial charge in [-0.1, -0.05) is 36.4 Å². The molecule has 25 heavy (non-hydrogen) atoms. The van der Waals surface area contributed by atoms with Crippen LogP contribution in [0, 0.1) is 0 Å². The zero-order chi connectivity index (χ0) is 18.2. The van der Waals surface area contributed by atoms with Crippen LogP contribution in [0.25, 0.3) is 5.57 Å². The molecule has 0 aromatic heterocycles. The number of carboxylic acids is 1. The molecule has 3 rings (SSSR count). The molecule has 8 heteroatoms. The number of hydrogen-bond acceptors (Lipinski definition) is 5. The van der Waals surface area contributed by atoms with Crippen LogP contribution in [0.15, 0.2) is 59.3 Å². The summed E-state index contributed by atoms with van der Waals surface area (Å²) in [5.74, 6) is -2.59. The molecule has 2 aliphatic heterocycles. The molecule has 0 saturated heterocycles. The Labute approximate surface area is 146 Å². The van der Waals surface area contributed by atoms with Crippen molar-refractivity contribution in [2.45, 2.75) is 11.3 Å². The van der Waals surface area contributed by atoms with Crippen molar-refractivity contribution in [3.05, 3.63) is 64.8 Å². The van der Waals surface area contributed by atoms with Gasteiger partial charge in [0.25, 0.3) is 0 Å². The Morgan fingerprint density at radius 3 is 2.56 bits per heavy atom. The molecule has 1 atom stereocenters. The van der Waals surface area contributed by atoms with E-state index in [1.807, 2.05) is 0 Å². The number of aliphatic carboxylic acids is 1. The second-order valence-electron chi connectivity index (χ2n) is 5.28. The number of allylic oxidation sites excluding steroid dienone is 2. The number of hydrogen-bond donors (Lipinski definition) is 1. The normalized spacial score (nSPS) is 21.5. The van der Waals surface area contributed by atoms with Crippen LogP contribution in [0.4, 0.5) is 8.78 Å². The molecule has 2 heterocycles. The van der Waals surface area contributed by atoms with Gasteiger partial charge in [0.2, 0.25) is 0 Å². The number of carbonyl (C=O) groups is 2. The number of fused-ring (bicyclic) bond motifs is 1. The third-order valence-electron chi connectivity index (χ3n) is 3.81. The number of carboxylic acid groups (broad SMARTS) is 1. The lowest BCUT2D eigenvalue weighted by molar-refractivity contribution is -0.138. The molecular formula is C17H13F2NO4S. The summed E-state index contributed by atoms with van der Waals surface area (Å²) in [5, 5.41) is 6.06. The first-order valence-corrected chi connectivity index (χ1v) is 8.03. The number of rotatable bonds is 3. The minimum absolute atomic E-state index is 0.0836. The third-order valence-corrected chi connectivity index (χ3v) is 4.86. The van der Waals surface area contributed by atoms with Gasteiger partial charge in [-0.3, -0.25) is 0 Å². The van der Waals surface area contributed by atoms with Crippen molar-refractivity contribution in [3.63, 3.8) is 0 Å². The monoisotopic (exact) mass is 365 g/mol. The summed E-state index contributed by atoms with van der Waals surface area (Å²) >= 11 is -0.0836. The lowest BCUT2D eigenvalue weighted by atomic mass is 9.94. The van der Waals surface area contributed by atoms with Crippen molar-refractivity contribution in [3.8, 4) is 0 Å². The minimum atomic E-state index is -3.44. The summed E-state index contributed by atoms with van der Waals surface area (Å²) in [7, 11) is 1.01. The molecule has 130 valence electrons. The maximum Gasteiger partial charge on any atom is 0.354 e. The second kappa shape index (κ2) is 6.36. The number of benzene rings is 1. The summed E-state index contributed by atoms with van der Waals surface area (Å²) in [4.78, 5) is 23.8. The molecular weight excluding hydrogens is 352 g/mol. The highest BCUT2D eigenvalue weighted by Crippen LogP contribution is 2.52. The molecule has 0 spiro atoms. The van der Waals surface area contributed by atoms with Crippen molar-refractivity contribution in [2.24, 2.45) is 0 Å². The van der Waals surface area contributed by atoms with E-state index in [-0.39, 0.29) is 17.3 Å². The fourth-order valence-electron chi connectivity index (χ4n) is 2.79. The molecule has 1 aromatic carbocycles. The first-order chi connectivity index (χ1) is 11.9. The molecule has 5 nitrogen and oxygen atoms in total. The van der Waals surface area contributed by atoms with E-state index in [4.69, 9.17) is 0 Å². The number of thioether (sulfide) groups is 1. The van der Waals surface area contributed by atoms with Gasteiger partial charge in [-0.25, -0.2) is 9.59 Å². The molecule has 0 radical (unpaired) electrons. The van der Waals surface area contributed by atoms with E-state index in [0.29, 0.717) is 5.56 Å². The summed E-state index contributed by atoms with van der Waals surface area (Å²) in [5.41, 5.74) is 0.294. The van der Waals surface area contributed by atoms with E-state index < -0.39 is 33.8 Å². The Morgan fingerprint density at radius 1 is 1.28 bits per heavy atom. The van der Waals surface area contributed by atoms with Crippen LogP contribution in [0.1, 0.15) is 5.56 Å². The van der Waals surface area contributed by atoms with Crippen LogP contribution in [0.2, 0.25) is 0 Å². The summed E-state index contributed by atoms with van der Waals surface area (Å²) < 4.78 is 34.2. The largest absolute Gasteiger partial charge is 0.477 e. The topological polar surface area (TPSA) is 66.8 Å². The first kappa shape index (κ1) is 17.2. The van der Waals surface area contributed by atoms with E-state index in [1.165, 1.54) is 18.4 Å². The van der Waals surface area contributed by atoms with Gasteiger partial charge in [-0.15, -0.1) is 0 Å². The van der Waals surface area contributed by atoms with Crippen molar-refractivity contribution < 1.29 is 28.2 Å². The standard InChI is InChI=1S/C17H13F2NO4S/c1-24-16(23)13-12(15(21)22)20-9-5-8-11(10-6-3-2-4-7-10)14(20)17(18,19)25-13/h2-9,14H,1H3,(H,21,22). The quantitative estimate of drug-likeness (QED) is 0.831.